The SMILES string of the molecule is CC(C)COc1cccc(/C=N\NC(=O)c2ccccc2O)c1. The van der Waals surface area contributed by atoms with E-state index in [0.717, 1.165) is 11.3 Å². The highest BCUT2D eigenvalue weighted by molar-refractivity contribution is 5.97. The predicted octanol–water partition coefficient (Wildman–Crippen LogP) is 3.19. The standard InChI is InChI=1S/C18H20N2O3/c1-13(2)12-23-15-7-5-6-14(10-15)11-19-20-18(22)16-8-3-4-9-17(16)21/h3-11,13,21H,12H2,1-2H3,(H,20,22)/b19-11-. The second-order valence-electron chi connectivity index (χ2n) is 5.49. The van der Waals surface area contributed by atoms with Gasteiger partial charge in [-0.2, -0.15) is 5.10 Å². The zero-order valence-electron chi connectivity index (χ0n) is 13.2. The molecule has 2 N–H and O–H groups in total. The highest BCUT2D eigenvalue weighted by Crippen LogP contribution is 2.15. The lowest BCUT2D eigenvalue weighted by Gasteiger charge is -2.08. The molecule has 23 heavy (non-hydrogen) atoms. The first kappa shape index (κ1) is 16.5. The Morgan fingerprint density at radius 3 is 2.78 bits per heavy atom. The van der Waals surface area contributed by atoms with E-state index in [-0.39, 0.29) is 11.3 Å². The Labute approximate surface area is 135 Å². The highest BCUT2D eigenvalue weighted by Gasteiger charge is 2.08. The number of ether oxygens (including phenoxy) is 1. The van der Waals surface area contributed by atoms with Gasteiger partial charge >= 0.3 is 0 Å². The molecule has 0 aliphatic heterocycles. The maximum Gasteiger partial charge on any atom is 0.275 e. The number of carbonyl (C=O) groups is 1. The van der Waals surface area contributed by atoms with Crippen LogP contribution < -0.4 is 10.2 Å². The molecule has 0 aromatic heterocycles. The summed E-state index contributed by atoms with van der Waals surface area (Å²) in [7, 11) is 0. The third kappa shape index (κ3) is 5.14. The molecule has 0 radical (unpaired) electrons. The molecule has 2 aromatic carbocycles. The van der Waals surface area contributed by atoms with Gasteiger partial charge in [0.05, 0.1) is 18.4 Å². The van der Waals surface area contributed by atoms with E-state index in [1.165, 1.54) is 18.3 Å². The van der Waals surface area contributed by atoms with Crippen molar-refractivity contribution in [3.05, 3.63) is 59.7 Å². The van der Waals surface area contributed by atoms with Crippen LogP contribution in [0.3, 0.4) is 0 Å². The van der Waals surface area contributed by atoms with Crippen LogP contribution >= 0.6 is 0 Å². The molecule has 0 aliphatic rings. The van der Waals surface area contributed by atoms with Crippen molar-refractivity contribution in [1.82, 2.24) is 5.43 Å². The fraction of sp³-hybridized carbons (Fsp3) is 0.222. The Kier molecular flexibility index (Phi) is 5.74. The summed E-state index contributed by atoms with van der Waals surface area (Å²) in [6, 6.07) is 13.7. The van der Waals surface area contributed by atoms with Crippen LogP contribution in [-0.4, -0.2) is 23.8 Å². The summed E-state index contributed by atoms with van der Waals surface area (Å²) in [4.78, 5) is 11.9. The van der Waals surface area contributed by atoms with Crippen molar-refractivity contribution in [3.8, 4) is 11.5 Å². The molecule has 0 heterocycles. The summed E-state index contributed by atoms with van der Waals surface area (Å²) in [6.45, 7) is 4.81. The van der Waals surface area contributed by atoms with Gasteiger partial charge in [0.1, 0.15) is 11.5 Å². The van der Waals surface area contributed by atoms with Crippen LogP contribution in [0, 0.1) is 5.92 Å². The molecule has 0 saturated heterocycles. The van der Waals surface area contributed by atoms with Crippen molar-refractivity contribution in [2.75, 3.05) is 6.61 Å². The average molecular weight is 312 g/mol. The van der Waals surface area contributed by atoms with E-state index in [1.54, 1.807) is 12.1 Å². The zero-order valence-corrected chi connectivity index (χ0v) is 13.2. The summed E-state index contributed by atoms with van der Waals surface area (Å²) in [6.07, 6.45) is 1.53. The molecule has 2 rings (SSSR count). The summed E-state index contributed by atoms with van der Waals surface area (Å²) in [5, 5.41) is 13.5. The van der Waals surface area contributed by atoms with Gasteiger partial charge in [-0.05, 0) is 35.7 Å². The molecule has 0 aliphatic carbocycles. The minimum absolute atomic E-state index is 0.0794. The molecular weight excluding hydrogens is 292 g/mol. The van der Waals surface area contributed by atoms with Crippen LogP contribution in [0.25, 0.3) is 0 Å². The lowest BCUT2D eigenvalue weighted by atomic mass is 10.2. The van der Waals surface area contributed by atoms with E-state index in [0.29, 0.717) is 12.5 Å². The van der Waals surface area contributed by atoms with Crippen molar-refractivity contribution >= 4 is 12.1 Å². The van der Waals surface area contributed by atoms with Gasteiger partial charge in [0, 0.05) is 0 Å². The topological polar surface area (TPSA) is 70.9 Å². The molecule has 0 unspecified atom stereocenters. The van der Waals surface area contributed by atoms with Gasteiger partial charge in [-0.3, -0.25) is 4.79 Å². The smallest absolute Gasteiger partial charge is 0.275 e. The molecule has 0 saturated carbocycles. The minimum atomic E-state index is -0.466. The number of hydrogen-bond acceptors (Lipinski definition) is 4. The Hall–Kier alpha value is -2.82. The number of hydrazone groups is 1. The molecule has 5 heteroatoms. The first-order valence-electron chi connectivity index (χ1n) is 7.40. The summed E-state index contributed by atoms with van der Waals surface area (Å²) in [5.41, 5.74) is 3.38. The lowest BCUT2D eigenvalue weighted by Crippen LogP contribution is -2.17. The number of rotatable bonds is 6. The van der Waals surface area contributed by atoms with Gasteiger partial charge in [-0.15, -0.1) is 0 Å². The van der Waals surface area contributed by atoms with Crippen molar-refractivity contribution < 1.29 is 14.6 Å². The zero-order chi connectivity index (χ0) is 16.7. The van der Waals surface area contributed by atoms with E-state index < -0.39 is 5.91 Å². The fourth-order valence-corrected chi connectivity index (χ4v) is 1.84. The van der Waals surface area contributed by atoms with Gasteiger partial charge in [0.15, 0.2) is 0 Å². The number of nitrogens with zero attached hydrogens (tertiary/aromatic N) is 1. The van der Waals surface area contributed by atoms with E-state index in [2.05, 4.69) is 24.4 Å². The largest absolute Gasteiger partial charge is 0.507 e. The summed E-state index contributed by atoms with van der Waals surface area (Å²) >= 11 is 0. The van der Waals surface area contributed by atoms with E-state index >= 15 is 0 Å². The number of phenols is 1. The van der Waals surface area contributed by atoms with Crippen molar-refractivity contribution in [2.45, 2.75) is 13.8 Å². The molecule has 120 valence electrons. The van der Waals surface area contributed by atoms with Gasteiger partial charge in [-0.25, -0.2) is 5.43 Å². The van der Waals surface area contributed by atoms with Crippen molar-refractivity contribution in [3.63, 3.8) is 0 Å². The molecule has 1 amide bonds. The molecule has 0 spiro atoms. The molecule has 0 fully saturated rings. The molecule has 2 aromatic rings. The van der Waals surface area contributed by atoms with Crippen LogP contribution in [-0.2, 0) is 0 Å². The van der Waals surface area contributed by atoms with Crippen molar-refractivity contribution in [1.29, 1.82) is 0 Å². The monoisotopic (exact) mass is 312 g/mol. The maximum atomic E-state index is 11.9. The quantitative estimate of drug-likeness (QED) is 0.635. The number of carbonyl (C=O) groups excluding carboxylic acids is 1. The average Bonchev–Trinajstić information content (AvgIpc) is 2.53. The number of amides is 1. The second kappa shape index (κ2) is 7.98. The van der Waals surface area contributed by atoms with Gasteiger partial charge in [-0.1, -0.05) is 38.1 Å². The first-order chi connectivity index (χ1) is 11.1. The number of phenolic OH excluding ortho intramolecular Hbond substituents is 1. The number of aromatic hydroxyl groups is 1. The fourth-order valence-electron chi connectivity index (χ4n) is 1.84. The third-order valence-electron chi connectivity index (χ3n) is 2.97. The van der Waals surface area contributed by atoms with Gasteiger partial charge in [0.2, 0.25) is 0 Å². The van der Waals surface area contributed by atoms with E-state index in [4.69, 9.17) is 4.74 Å². The number of nitrogens with one attached hydrogen (secondary N) is 1. The molecule has 5 nitrogen and oxygen atoms in total. The van der Waals surface area contributed by atoms with Crippen LogP contribution in [0.15, 0.2) is 53.6 Å². The Balaban J connectivity index is 1.96. The Morgan fingerprint density at radius 1 is 1.26 bits per heavy atom. The second-order valence-corrected chi connectivity index (χ2v) is 5.49. The van der Waals surface area contributed by atoms with Crippen LogP contribution in [0.5, 0.6) is 11.5 Å². The summed E-state index contributed by atoms with van der Waals surface area (Å²) < 4.78 is 5.64. The maximum absolute atomic E-state index is 11.9. The number of para-hydroxylation sites is 1. The Bertz CT molecular complexity index is 696. The minimum Gasteiger partial charge on any atom is -0.507 e. The van der Waals surface area contributed by atoms with Crippen LogP contribution in [0.2, 0.25) is 0 Å². The van der Waals surface area contributed by atoms with E-state index in [9.17, 15) is 9.90 Å². The predicted molar refractivity (Wildman–Crippen MR) is 89.9 cm³/mol. The van der Waals surface area contributed by atoms with Gasteiger partial charge < -0.3 is 9.84 Å². The molecule has 0 bridgehead atoms. The summed E-state index contributed by atoms with van der Waals surface area (Å²) in [5.74, 6) is 0.663. The lowest BCUT2D eigenvalue weighted by molar-refractivity contribution is 0.0952. The van der Waals surface area contributed by atoms with Gasteiger partial charge in [0.25, 0.3) is 5.91 Å². The Morgan fingerprint density at radius 2 is 2.04 bits per heavy atom. The number of benzene rings is 2. The molecule has 0 atom stereocenters. The van der Waals surface area contributed by atoms with Crippen LogP contribution in [0.4, 0.5) is 0 Å². The molecular formula is C18H20N2O3. The van der Waals surface area contributed by atoms with E-state index in [1.807, 2.05) is 24.3 Å². The third-order valence-corrected chi connectivity index (χ3v) is 2.97. The van der Waals surface area contributed by atoms with Crippen LogP contribution in [0.1, 0.15) is 29.8 Å². The van der Waals surface area contributed by atoms with Crippen molar-refractivity contribution in [2.24, 2.45) is 11.0 Å². The normalized spacial score (nSPS) is 10.9. The number of hydrogen-bond donors (Lipinski definition) is 2. The first-order valence-corrected chi connectivity index (χ1v) is 7.40. The highest BCUT2D eigenvalue weighted by atomic mass is 16.5.